The number of nitrogens with zero attached hydrogens (tertiary/aromatic N) is 2. The van der Waals surface area contributed by atoms with Gasteiger partial charge in [0.05, 0.1) is 23.9 Å². The average Bonchev–Trinajstić information content (AvgIpc) is 2.93. The van der Waals surface area contributed by atoms with Crippen LogP contribution < -0.4 is 15.9 Å². The zero-order valence-corrected chi connectivity index (χ0v) is 25.1. The van der Waals surface area contributed by atoms with E-state index in [2.05, 4.69) is 15.2 Å². The summed E-state index contributed by atoms with van der Waals surface area (Å²) >= 11 is 13.0. The Morgan fingerprint density at radius 2 is 1.83 bits per heavy atom. The summed E-state index contributed by atoms with van der Waals surface area (Å²) in [6.45, 7) is -0.0386. The molecule has 13 heteroatoms. The van der Waals surface area contributed by atoms with Gasteiger partial charge in [0.1, 0.15) is 12.4 Å². The number of halogens is 2. The third-order valence-corrected chi connectivity index (χ3v) is 8.91. The molecular formula is C29H31Cl2N5O5S. The molecular weight excluding hydrogens is 601 g/mol. The highest BCUT2D eigenvalue weighted by atomic mass is 35.5. The Morgan fingerprint density at radius 3 is 2.57 bits per heavy atom. The summed E-state index contributed by atoms with van der Waals surface area (Å²) in [7, 11) is -3.59. The predicted octanol–water partition coefficient (Wildman–Crippen LogP) is 4.36. The second-order valence-corrected chi connectivity index (χ2v) is 13.2. The maximum Gasteiger partial charge on any atom is 0.255 e. The normalized spacial score (nSPS) is 22.5. The van der Waals surface area contributed by atoms with E-state index in [4.69, 9.17) is 33.8 Å². The monoisotopic (exact) mass is 631 g/mol. The van der Waals surface area contributed by atoms with Crippen molar-refractivity contribution in [3.63, 3.8) is 0 Å². The van der Waals surface area contributed by atoms with Crippen molar-refractivity contribution in [2.24, 2.45) is 0 Å². The molecule has 42 heavy (non-hydrogen) atoms. The maximum atomic E-state index is 14.3. The van der Waals surface area contributed by atoms with Gasteiger partial charge in [-0.2, -0.15) is 0 Å². The molecule has 1 aliphatic heterocycles. The Morgan fingerprint density at radius 1 is 1.07 bits per heavy atom. The van der Waals surface area contributed by atoms with Crippen LogP contribution in [0.1, 0.15) is 64.8 Å². The van der Waals surface area contributed by atoms with Gasteiger partial charge in [0, 0.05) is 27.7 Å². The van der Waals surface area contributed by atoms with E-state index in [0.717, 1.165) is 19.1 Å². The summed E-state index contributed by atoms with van der Waals surface area (Å²) in [4.78, 5) is 39.7. The molecule has 1 fully saturated rings. The summed E-state index contributed by atoms with van der Waals surface area (Å²) < 4.78 is 27.4. The number of sulfonamides is 1. The lowest BCUT2D eigenvalue weighted by atomic mass is 9.76. The maximum absolute atomic E-state index is 14.3. The lowest BCUT2D eigenvalue weighted by Gasteiger charge is -2.49. The average molecular weight is 633 g/mol. The van der Waals surface area contributed by atoms with Gasteiger partial charge in [-0.05, 0) is 54.3 Å². The molecule has 1 aliphatic carbocycles. The van der Waals surface area contributed by atoms with Gasteiger partial charge in [0.25, 0.3) is 11.8 Å². The van der Waals surface area contributed by atoms with Gasteiger partial charge >= 0.3 is 0 Å². The van der Waals surface area contributed by atoms with Crippen molar-refractivity contribution in [1.29, 1.82) is 0 Å². The fourth-order valence-electron chi connectivity index (χ4n) is 5.95. The number of rotatable bonds is 8. The summed E-state index contributed by atoms with van der Waals surface area (Å²) in [5.74, 6) is -1.46. The number of amides is 2. The fourth-order valence-corrected chi connectivity index (χ4v) is 7.30. The quantitative estimate of drug-likeness (QED) is 0.313. The van der Waals surface area contributed by atoms with Crippen molar-refractivity contribution in [2.45, 2.75) is 56.3 Å². The van der Waals surface area contributed by atoms with Crippen LogP contribution in [0.2, 0.25) is 10.0 Å². The van der Waals surface area contributed by atoms with Crippen LogP contribution in [-0.2, 0) is 26.3 Å². The number of fused-ring (bicyclic) bond motifs is 1. The van der Waals surface area contributed by atoms with Crippen LogP contribution in [0.3, 0.4) is 0 Å². The van der Waals surface area contributed by atoms with Gasteiger partial charge in [-0.1, -0.05) is 66.4 Å². The van der Waals surface area contributed by atoms with Crippen molar-refractivity contribution >= 4 is 50.9 Å². The zero-order chi connectivity index (χ0) is 30.0. The molecule has 3 aromatic rings. The third-order valence-electron chi connectivity index (χ3n) is 7.61. The minimum Gasteiger partial charge on any atom is -0.384 e. The summed E-state index contributed by atoms with van der Waals surface area (Å²) in [6.07, 6.45) is 3.76. The van der Waals surface area contributed by atoms with E-state index in [9.17, 15) is 18.0 Å². The van der Waals surface area contributed by atoms with Crippen LogP contribution in [0.15, 0.2) is 60.7 Å². The van der Waals surface area contributed by atoms with Crippen LogP contribution in [0.5, 0.6) is 0 Å². The largest absolute Gasteiger partial charge is 0.384 e. The second kappa shape index (κ2) is 12.6. The van der Waals surface area contributed by atoms with E-state index < -0.39 is 40.0 Å². The molecule has 0 spiro atoms. The second-order valence-electron chi connectivity index (χ2n) is 10.5. The number of nitrogens with two attached hydrogens (primary N) is 1. The number of anilines is 1. The first kappa shape index (κ1) is 30.2. The summed E-state index contributed by atoms with van der Waals surface area (Å²) in [6, 6.07) is 14.9. The lowest BCUT2D eigenvalue weighted by Crippen LogP contribution is -2.59. The predicted molar refractivity (Wildman–Crippen MR) is 160 cm³/mol. The highest BCUT2D eigenvalue weighted by Gasteiger charge is 2.49. The van der Waals surface area contributed by atoms with Gasteiger partial charge < -0.3 is 10.6 Å². The Balaban J connectivity index is 1.59. The first-order valence-electron chi connectivity index (χ1n) is 13.5. The number of hydroxylamine groups is 1. The van der Waals surface area contributed by atoms with Gasteiger partial charge in [-0.15, -0.1) is 0 Å². The van der Waals surface area contributed by atoms with Crippen molar-refractivity contribution in [1.82, 2.24) is 20.1 Å². The molecule has 0 saturated heterocycles. The molecule has 4 atom stereocenters. The first-order valence-corrected chi connectivity index (χ1v) is 16.1. The number of carbonyl (C=O) groups is 2. The first-order chi connectivity index (χ1) is 20.0. The lowest BCUT2D eigenvalue weighted by molar-refractivity contribution is -0.138. The van der Waals surface area contributed by atoms with E-state index in [1.54, 1.807) is 65.6 Å². The Labute approximate surface area is 254 Å². The minimum absolute atomic E-state index is 0.0386. The van der Waals surface area contributed by atoms with Crippen molar-refractivity contribution < 1.29 is 22.8 Å². The van der Waals surface area contributed by atoms with Gasteiger partial charge in [-0.3, -0.25) is 14.4 Å². The molecule has 2 heterocycles. The fraction of sp³-hybridized carbons (Fsp3) is 0.345. The molecule has 0 unspecified atom stereocenters. The van der Waals surface area contributed by atoms with Gasteiger partial charge in [0.2, 0.25) is 10.0 Å². The number of aromatic nitrogens is 1. The molecule has 2 amide bonds. The van der Waals surface area contributed by atoms with E-state index in [-0.39, 0.29) is 17.5 Å². The smallest absolute Gasteiger partial charge is 0.255 e. The zero-order valence-electron chi connectivity index (χ0n) is 22.8. The standard InChI is InChI=1S/C29H31Cl2N5O5S/c1-42(39,40)35-23-10-4-5-11-24(23)36-27(21-14-13-17(30)15-22(21)31)26(19-8-2-3-9-20(19)29(36)38)28(37)34-41-16-18-7-6-12-25(32)33-18/h2-3,6-9,12-15,23-24,26-27,35H,4-5,10-11,16H2,1H3,(H2,32,33)(H,34,37)/t23-,24-,26+,27-/m0/s1. The molecule has 4 N–H and O–H groups in total. The molecule has 5 rings (SSSR count). The van der Waals surface area contributed by atoms with Crippen molar-refractivity contribution in [3.05, 3.63) is 93.1 Å². The van der Waals surface area contributed by atoms with Crippen molar-refractivity contribution in [2.75, 3.05) is 12.0 Å². The van der Waals surface area contributed by atoms with E-state index in [0.29, 0.717) is 46.1 Å². The molecule has 1 saturated carbocycles. The Bertz CT molecular complexity index is 1600. The van der Waals surface area contributed by atoms with Crippen LogP contribution >= 0.6 is 23.2 Å². The molecule has 0 bridgehead atoms. The highest BCUT2D eigenvalue weighted by molar-refractivity contribution is 7.88. The number of benzene rings is 2. The number of nitrogen functional groups attached to an aromatic ring is 1. The SMILES string of the molecule is CS(=O)(=O)N[C@H]1CCCC[C@@H]1N1C(=O)c2ccccc2[C@@H](C(=O)NOCc2cccc(N)n2)[C@@H]1c1ccc(Cl)cc1Cl. The summed E-state index contributed by atoms with van der Waals surface area (Å²) in [5, 5.41) is 0.668. The molecule has 1 aromatic heterocycles. The number of hydrogen-bond donors (Lipinski definition) is 3. The number of hydrogen-bond acceptors (Lipinski definition) is 7. The van der Waals surface area contributed by atoms with Crippen LogP contribution in [-0.4, -0.2) is 48.5 Å². The van der Waals surface area contributed by atoms with Crippen LogP contribution in [0.4, 0.5) is 5.82 Å². The molecule has 2 aromatic carbocycles. The molecule has 0 radical (unpaired) electrons. The molecule has 222 valence electrons. The minimum atomic E-state index is -3.59. The number of carbonyl (C=O) groups excluding carboxylic acids is 2. The molecule has 10 nitrogen and oxygen atoms in total. The third kappa shape index (κ3) is 6.55. The Kier molecular flexibility index (Phi) is 9.05. The highest BCUT2D eigenvalue weighted by Crippen LogP contribution is 2.47. The van der Waals surface area contributed by atoms with Gasteiger partial charge in [0.15, 0.2) is 0 Å². The van der Waals surface area contributed by atoms with Crippen LogP contribution in [0.25, 0.3) is 0 Å². The van der Waals surface area contributed by atoms with E-state index in [1.165, 1.54) is 0 Å². The van der Waals surface area contributed by atoms with E-state index >= 15 is 0 Å². The van der Waals surface area contributed by atoms with E-state index in [1.807, 2.05) is 0 Å². The Hall–Kier alpha value is -3.22. The molecule has 2 aliphatic rings. The number of nitrogens with one attached hydrogen (secondary N) is 2. The van der Waals surface area contributed by atoms with Gasteiger partial charge in [-0.25, -0.2) is 23.6 Å². The number of pyridine rings is 1. The van der Waals surface area contributed by atoms with Crippen molar-refractivity contribution in [3.8, 4) is 0 Å². The van der Waals surface area contributed by atoms with Crippen LogP contribution in [0, 0.1) is 0 Å². The summed E-state index contributed by atoms with van der Waals surface area (Å²) in [5.41, 5.74) is 10.2. The topological polar surface area (TPSA) is 144 Å².